The van der Waals surface area contributed by atoms with Crippen LogP contribution in [0, 0.1) is 0 Å². The molecule has 0 aliphatic carbocycles. The lowest BCUT2D eigenvalue weighted by atomic mass is 10.2. The Bertz CT molecular complexity index is 554. The summed E-state index contributed by atoms with van der Waals surface area (Å²) >= 11 is 0. The number of carbonyl (C=O) groups is 2. The number of hydrogen-bond donors (Lipinski definition) is 1. The van der Waals surface area contributed by atoms with E-state index in [1.807, 2.05) is 0 Å². The normalized spacial score (nSPS) is 23.7. The van der Waals surface area contributed by atoms with E-state index in [1.54, 1.807) is 31.4 Å². The van der Waals surface area contributed by atoms with Gasteiger partial charge < -0.3 is 14.4 Å². The van der Waals surface area contributed by atoms with E-state index in [9.17, 15) is 9.59 Å². The topological polar surface area (TPSA) is 60.3 Å². The van der Waals surface area contributed by atoms with Crippen LogP contribution in [0.3, 0.4) is 0 Å². The number of amides is 2. The Morgan fingerprint density at radius 2 is 2.05 bits per heavy atom. The van der Waals surface area contributed by atoms with Crippen molar-refractivity contribution in [2.75, 3.05) is 38.3 Å². The number of anilines is 1. The number of ether oxygens (including phenoxy) is 2. The summed E-state index contributed by atoms with van der Waals surface area (Å²) in [4.78, 5) is 27.3. The molecule has 1 aromatic carbocycles. The Balaban J connectivity index is 1.82. The van der Waals surface area contributed by atoms with E-state index in [1.165, 1.54) is 4.90 Å². The van der Waals surface area contributed by atoms with Crippen LogP contribution in [0.1, 0.15) is 6.42 Å². The van der Waals surface area contributed by atoms with E-state index >= 15 is 0 Å². The number of hydrogen-bond acceptors (Lipinski definition) is 4. The molecular formula is C15H19N2O4+. The largest absolute Gasteiger partial charge is 0.497 e. The summed E-state index contributed by atoms with van der Waals surface area (Å²) in [7, 11) is 1.56. The maximum Gasteiger partial charge on any atom is 0.292 e. The first-order valence-electron chi connectivity index (χ1n) is 7.14. The van der Waals surface area contributed by atoms with Crippen LogP contribution >= 0.6 is 0 Å². The lowest BCUT2D eigenvalue weighted by Crippen LogP contribution is -3.18. The molecule has 0 spiro atoms. The summed E-state index contributed by atoms with van der Waals surface area (Å²) in [6.07, 6.45) is 0.269. The summed E-state index contributed by atoms with van der Waals surface area (Å²) in [6, 6.07) is 6.76. The molecule has 21 heavy (non-hydrogen) atoms. The molecule has 0 aromatic heterocycles. The van der Waals surface area contributed by atoms with Gasteiger partial charge in [-0.3, -0.25) is 9.59 Å². The molecule has 0 unspecified atom stereocenters. The number of nitrogens with one attached hydrogen (secondary N) is 1. The second-order valence-corrected chi connectivity index (χ2v) is 5.30. The van der Waals surface area contributed by atoms with Crippen molar-refractivity contribution in [1.82, 2.24) is 0 Å². The van der Waals surface area contributed by atoms with E-state index in [0.29, 0.717) is 24.7 Å². The highest BCUT2D eigenvalue weighted by Crippen LogP contribution is 2.25. The molecular weight excluding hydrogens is 272 g/mol. The van der Waals surface area contributed by atoms with Gasteiger partial charge in [0.15, 0.2) is 6.04 Å². The van der Waals surface area contributed by atoms with Crippen molar-refractivity contribution in [3.8, 4) is 5.75 Å². The Labute approximate surface area is 123 Å². The van der Waals surface area contributed by atoms with E-state index in [2.05, 4.69) is 0 Å². The average Bonchev–Trinajstić information content (AvgIpc) is 2.83. The van der Waals surface area contributed by atoms with Crippen molar-refractivity contribution in [3.05, 3.63) is 24.3 Å². The highest BCUT2D eigenvalue weighted by atomic mass is 16.5. The van der Waals surface area contributed by atoms with Crippen molar-refractivity contribution in [2.45, 2.75) is 12.5 Å². The average molecular weight is 291 g/mol. The predicted octanol–water partition coefficient (Wildman–Crippen LogP) is -0.758. The Morgan fingerprint density at radius 3 is 2.76 bits per heavy atom. The number of benzene rings is 1. The first kappa shape index (κ1) is 14.0. The Hall–Kier alpha value is -1.92. The number of nitrogens with zero attached hydrogens (tertiary/aromatic N) is 1. The minimum atomic E-state index is -0.285. The third-order valence-corrected chi connectivity index (χ3v) is 4.09. The first-order valence-corrected chi connectivity index (χ1v) is 7.14. The fraction of sp³-hybridized carbons (Fsp3) is 0.467. The SMILES string of the molecule is COc1cccc(N2C(=O)C[C@H]([NH+]3CCOCC3)C2=O)c1. The molecule has 3 rings (SSSR count). The predicted molar refractivity (Wildman–Crippen MR) is 75.4 cm³/mol. The molecule has 1 atom stereocenters. The molecule has 2 saturated heterocycles. The van der Waals surface area contributed by atoms with Gasteiger partial charge in [0.25, 0.3) is 5.91 Å². The molecule has 0 bridgehead atoms. The third kappa shape index (κ3) is 2.64. The number of methoxy groups -OCH3 is 1. The van der Waals surface area contributed by atoms with Crippen LogP contribution in [-0.4, -0.2) is 51.3 Å². The third-order valence-electron chi connectivity index (χ3n) is 4.09. The van der Waals surface area contributed by atoms with Gasteiger partial charge in [-0.2, -0.15) is 0 Å². The molecule has 0 radical (unpaired) electrons. The molecule has 6 heteroatoms. The molecule has 6 nitrogen and oxygen atoms in total. The van der Waals surface area contributed by atoms with Gasteiger partial charge in [0.1, 0.15) is 18.8 Å². The highest BCUT2D eigenvalue weighted by molar-refractivity contribution is 6.21. The second-order valence-electron chi connectivity index (χ2n) is 5.30. The van der Waals surface area contributed by atoms with Crippen LogP contribution in [-0.2, 0) is 14.3 Å². The van der Waals surface area contributed by atoms with Gasteiger partial charge in [-0.15, -0.1) is 0 Å². The van der Waals surface area contributed by atoms with Gasteiger partial charge in [0, 0.05) is 6.07 Å². The van der Waals surface area contributed by atoms with E-state index in [-0.39, 0.29) is 24.3 Å². The summed E-state index contributed by atoms with van der Waals surface area (Å²) in [5, 5.41) is 0. The zero-order chi connectivity index (χ0) is 14.8. The van der Waals surface area contributed by atoms with E-state index < -0.39 is 0 Å². The molecule has 2 aliphatic rings. The molecule has 112 valence electrons. The standard InChI is InChI=1S/C15H18N2O4/c1-20-12-4-2-3-11(9-12)17-14(18)10-13(15(17)19)16-5-7-21-8-6-16/h2-4,9,13H,5-8,10H2,1H3/p+1/t13-/m0/s1. The number of imide groups is 1. The zero-order valence-electron chi connectivity index (χ0n) is 12.0. The number of morpholine rings is 1. The molecule has 2 amide bonds. The smallest absolute Gasteiger partial charge is 0.292 e. The second kappa shape index (κ2) is 5.83. The van der Waals surface area contributed by atoms with Crippen molar-refractivity contribution in [2.24, 2.45) is 0 Å². The molecule has 2 aliphatic heterocycles. The van der Waals surface area contributed by atoms with Gasteiger partial charge in [-0.25, -0.2) is 4.90 Å². The summed E-state index contributed by atoms with van der Waals surface area (Å²) in [6.45, 7) is 2.84. The number of quaternary nitrogens is 1. The fourth-order valence-electron chi connectivity index (χ4n) is 2.95. The van der Waals surface area contributed by atoms with E-state index in [4.69, 9.17) is 9.47 Å². The van der Waals surface area contributed by atoms with E-state index in [0.717, 1.165) is 18.0 Å². The minimum absolute atomic E-state index is 0.120. The van der Waals surface area contributed by atoms with Crippen LogP contribution in [0.25, 0.3) is 0 Å². The van der Waals surface area contributed by atoms with Crippen LogP contribution < -0.4 is 14.5 Å². The summed E-state index contributed by atoms with van der Waals surface area (Å²) < 4.78 is 10.5. The van der Waals surface area contributed by atoms with Crippen molar-refractivity contribution >= 4 is 17.5 Å². The van der Waals surface area contributed by atoms with Crippen LogP contribution in [0.4, 0.5) is 5.69 Å². The fourth-order valence-corrected chi connectivity index (χ4v) is 2.95. The number of carbonyl (C=O) groups excluding carboxylic acids is 2. The first-order chi connectivity index (χ1) is 10.2. The zero-order valence-corrected chi connectivity index (χ0v) is 12.0. The summed E-state index contributed by atoms with van der Waals surface area (Å²) in [5.74, 6) is 0.373. The van der Waals surface area contributed by atoms with Crippen molar-refractivity contribution in [1.29, 1.82) is 0 Å². The van der Waals surface area contributed by atoms with Gasteiger partial charge in [-0.1, -0.05) is 6.07 Å². The highest BCUT2D eigenvalue weighted by Gasteiger charge is 2.46. The van der Waals surface area contributed by atoms with Crippen LogP contribution in [0.5, 0.6) is 5.75 Å². The van der Waals surface area contributed by atoms with Gasteiger partial charge in [0.05, 0.1) is 32.4 Å². The molecule has 1 N–H and O–H groups in total. The van der Waals surface area contributed by atoms with Gasteiger partial charge in [-0.05, 0) is 12.1 Å². The molecule has 2 heterocycles. The lowest BCUT2D eigenvalue weighted by molar-refractivity contribution is -0.922. The lowest BCUT2D eigenvalue weighted by Gasteiger charge is -2.27. The van der Waals surface area contributed by atoms with Crippen molar-refractivity contribution in [3.63, 3.8) is 0 Å². The molecule has 1 aromatic rings. The quantitative estimate of drug-likeness (QED) is 0.744. The Morgan fingerprint density at radius 1 is 1.29 bits per heavy atom. The maximum atomic E-state index is 12.6. The summed E-state index contributed by atoms with van der Waals surface area (Å²) in [5.41, 5.74) is 0.583. The van der Waals surface area contributed by atoms with Gasteiger partial charge in [0.2, 0.25) is 5.91 Å². The van der Waals surface area contributed by atoms with Crippen LogP contribution in [0.15, 0.2) is 24.3 Å². The van der Waals surface area contributed by atoms with Crippen LogP contribution in [0.2, 0.25) is 0 Å². The molecule has 0 saturated carbocycles. The maximum absolute atomic E-state index is 12.6. The number of rotatable bonds is 3. The molecule has 2 fully saturated rings. The van der Waals surface area contributed by atoms with Gasteiger partial charge >= 0.3 is 0 Å². The van der Waals surface area contributed by atoms with Crippen molar-refractivity contribution < 1.29 is 24.0 Å². The Kier molecular flexibility index (Phi) is 3.90. The monoisotopic (exact) mass is 291 g/mol. The minimum Gasteiger partial charge on any atom is -0.497 e.